The van der Waals surface area contributed by atoms with Crippen LogP contribution in [-0.4, -0.2) is 31.1 Å². The Hall–Kier alpha value is -3.58. The summed E-state index contributed by atoms with van der Waals surface area (Å²) >= 11 is 0. The number of primary amides is 1. The fourth-order valence-electron chi connectivity index (χ4n) is 4.10. The normalized spacial score (nSPS) is 13.6. The van der Waals surface area contributed by atoms with Crippen molar-refractivity contribution in [3.63, 3.8) is 0 Å². The fraction of sp³-hybridized carbons (Fsp3) is 0.280. The van der Waals surface area contributed by atoms with Gasteiger partial charge in [-0.15, -0.1) is 0 Å². The van der Waals surface area contributed by atoms with Crippen LogP contribution in [0.5, 0.6) is 17.2 Å². The zero-order valence-corrected chi connectivity index (χ0v) is 18.1. The first-order valence-electron chi connectivity index (χ1n) is 10.8. The van der Waals surface area contributed by atoms with Gasteiger partial charge in [-0.2, -0.15) is 0 Å². The maximum atomic E-state index is 12.0. The number of benzene rings is 2. The summed E-state index contributed by atoms with van der Waals surface area (Å²) in [4.78, 5) is 16.5. The number of fused-ring (bicyclic) bond motifs is 2. The molecular formula is C25H25N3O4. The molecule has 0 atom stereocenters. The average molecular weight is 431 g/mol. The number of carbonyl (C=O) groups is 1. The molecule has 2 heterocycles. The number of nitrogens with two attached hydrogens (primary N) is 1. The van der Waals surface area contributed by atoms with Gasteiger partial charge < -0.3 is 24.9 Å². The lowest BCUT2D eigenvalue weighted by atomic mass is 10.0. The Kier molecular flexibility index (Phi) is 5.19. The van der Waals surface area contributed by atoms with Gasteiger partial charge in [0.2, 0.25) is 0 Å². The van der Waals surface area contributed by atoms with Crippen molar-refractivity contribution in [3.8, 4) is 17.2 Å². The second-order valence-electron chi connectivity index (χ2n) is 8.10. The van der Waals surface area contributed by atoms with Crippen LogP contribution in [0.15, 0.2) is 47.0 Å². The summed E-state index contributed by atoms with van der Waals surface area (Å²) in [5.74, 6) is 2.57. The number of aryl methyl sites for hydroxylation is 1. The number of carbonyl (C=O) groups excluding carboxylic acids is 1. The first-order valence-corrected chi connectivity index (χ1v) is 10.8. The zero-order chi connectivity index (χ0) is 22.2. The van der Waals surface area contributed by atoms with E-state index in [-0.39, 0.29) is 0 Å². The van der Waals surface area contributed by atoms with Crippen LogP contribution in [0, 0.1) is 6.92 Å². The van der Waals surface area contributed by atoms with E-state index in [1.165, 1.54) is 0 Å². The van der Waals surface area contributed by atoms with Gasteiger partial charge in [0.1, 0.15) is 35.2 Å². The third kappa shape index (κ3) is 3.76. The predicted molar refractivity (Wildman–Crippen MR) is 123 cm³/mol. The van der Waals surface area contributed by atoms with E-state index in [9.17, 15) is 4.79 Å². The molecule has 2 aromatic heterocycles. The molecule has 3 N–H and O–H groups in total. The number of nitrogens with one attached hydrogen (secondary N) is 1. The van der Waals surface area contributed by atoms with Gasteiger partial charge in [0.25, 0.3) is 5.91 Å². The smallest absolute Gasteiger partial charge is 0.252 e. The summed E-state index contributed by atoms with van der Waals surface area (Å²) in [6.45, 7) is 3.12. The van der Waals surface area contributed by atoms with Crippen molar-refractivity contribution in [2.45, 2.75) is 25.7 Å². The van der Waals surface area contributed by atoms with Gasteiger partial charge in [-0.05, 0) is 62.6 Å². The Bertz CT molecular complexity index is 1320. The lowest BCUT2D eigenvalue weighted by Crippen LogP contribution is -2.15. The maximum Gasteiger partial charge on any atom is 0.252 e. The Labute approximate surface area is 185 Å². The van der Waals surface area contributed by atoms with E-state index < -0.39 is 5.91 Å². The number of hydrogen-bond acceptors (Lipinski definition) is 6. The molecule has 2 aromatic carbocycles. The summed E-state index contributed by atoms with van der Waals surface area (Å²) in [6, 6.07) is 11.4. The van der Waals surface area contributed by atoms with E-state index in [2.05, 4.69) is 10.3 Å². The number of rotatable bonds is 8. The van der Waals surface area contributed by atoms with Crippen molar-refractivity contribution < 1.29 is 18.7 Å². The van der Waals surface area contributed by atoms with Gasteiger partial charge in [0.05, 0.1) is 11.1 Å². The molecule has 1 fully saturated rings. The number of furan rings is 1. The van der Waals surface area contributed by atoms with Crippen LogP contribution in [0.25, 0.3) is 21.9 Å². The van der Waals surface area contributed by atoms with E-state index in [0.717, 1.165) is 47.0 Å². The van der Waals surface area contributed by atoms with Crippen LogP contribution in [-0.2, 0) is 0 Å². The van der Waals surface area contributed by atoms with E-state index in [1.54, 1.807) is 13.1 Å². The van der Waals surface area contributed by atoms with Gasteiger partial charge in [-0.25, -0.2) is 0 Å². The van der Waals surface area contributed by atoms with Crippen LogP contribution in [0.2, 0.25) is 0 Å². The number of pyridine rings is 1. The molecule has 164 valence electrons. The highest BCUT2D eigenvalue weighted by Gasteiger charge is 2.30. The quantitative estimate of drug-likeness (QED) is 0.394. The molecular weight excluding hydrogens is 406 g/mol. The molecule has 1 saturated carbocycles. The van der Waals surface area contributed by atoms with E-state index >= 15 is 0 Å². The molecule has 1 aliphatic carbocycles. The minimum atomic E-state index is -0.468. The summed E-state index contributed by atoms with van der Waals surface area (Å²) in [7, 11) is 1.89. The third-order valence-corrected chi connectivity index (χ3v) is 5.76. The van der Waals surface area contributed by atoms with E-state index in [1.807, 2.05) is 43.4 Å². The predicted octanol–water partition coefficient (Wildman–Crippen LogP) is 4.66. The highest BCUT2D eigenvalue weighted by molar-refractivity contribution is 6.08. The second-order valence-corrected chi connectivity index (χ2v) is 8.10. The number of aromatic nitrogens is 1. The molecule has 5 rings (SSSR count). The molecule has 0 radical (unpaired) electrons. The Morgan fingerprint density at radius 3 is 2.81 bits per heavy atom. The van der Waals surface area contributed by atoms with Crippen molar-refractivity contribution in [3.05, 3.63) is 59.5 Å². The molecule has 4 aromatic rings. The first kappa shape index (κ1) is 20.3. The molecule has 7 nitrogen and oxygen atoms in total. The first-order chi connectivity index (χ1) is 15.5. The van der Waals surface area contributed by atoms with E-state index in [4.69, 9.17) is 19.6 Å². The highest BCUT2D eigenvalue weighted by Crippen LogP contribution is 2.47. The monoisotopic (exact) mass is 431 g/mol. The fourth-order valence-corrected chi connectivity index (χ4v) is 4.10. The van der Waals surface area contributed by atoms with Crippen molar-refractivity contribution in [2.75, 3.05) is 20.2 Å². The topological polar surface area (TPSA) is 99.6 Å². The largest absolute Gasteiger partial charge is 0.492 e. The molecule has 0 unspecified atom stereocenters. The number of hydrogen-bond donors (Lipinski definition) is 2. The minimum absolute atomic E-state index is 0.391. The summed E-state index contributed by atoms with van der Waals surface area (Å²) in [6.07, 6.45) is 3.88. The zero-order valence-electron chi connectivity index (χ0n) is 18.1. The van der Waals surface area contributed by atoms with Crippen molar-refractivity contribution in [1.29, 1.82) is 0 Å². The van der Waals surface area contributed by atoms with Crippen LogP contribution in [0.3, 0.4) is 0 Å². The summed E-state index contributed by atoms with van der Waals surface area (Å²) in [5, 5.41) is 4.76. The molecule has 0 aliphatic heterocycles. The molecule has 1 aliphatic rings. The molecule has 0 spiro atoms. The molecule has 32 heavy (non-hydrogen) atoms. The molecule has 1 amide bonds. The van der Waals surface area contributed by atoms with Crippen LogP contribution in [0.4, 0.5) is 0 Å². The van der Waals surface area contributed by atoms with Gasteiger partial charge in [0.15, 0.2) is 0 Å². The number of nitrogens with zero attached hydrogens (tertiary/aromatic N) is 1. The molecule has 0 saturated heterocycles. The van der Waals surface area contributed by atoms with Crippen molar-refractivity contribution in [1.82, 2.24) is 10.3 Å². The van der Waals surface area contributed by atoms with Crippen LogP contribution in [0.1, 0.15) is 40.4 Å². The number of amides is 1. The molecule has 0 bridgehead atoms. The highest BCUT2D eigenvalue weighted by atomic mass is 16.5. The van der Waals surface area contributed by atoms with Gasteiger partial charge in [0, 0.05) is 35.6 Å². The Morgan fingerprint density at radius 2 is 2.06 bits per heavy atom. The average Bonchev–Trinajstić information content (AvgIpc) is 3.55. The van der Waals surface area contributed by atoms with Crippen LogP contribution < -0.4 is 20.5 Å². The SMILES string of the molecule is CNCCOc1ccc2c(Oc3cc(C4CC4)c4c(C(N)=O)c(C)oc4c3)ccnc2c1. The molecule has 7 heteroatoms. The number of likely N-dealkylation sites (N-methyl/N-ethyl adjacent to an activating group) is 1. The minimum Gasteiger partial charge on any atom is -0.492 e. The number of ether oxygens (including phenoxy) is 2. The van der Waals surface area contributed by atoms with Crippen LogP contribution >= 0.6 is 0 Å². The third-order valence-electron chi connectivity index (χ3n) is 5.76. The van der Waals surface area contributed by atoms with Crippen molar-refractivity contribution in [2.24, 2.45) is 5.73 Å². The summed E-state index contributed by atoms with van der Waals surface area (Å²) in [5.41, 5.74) is 8.57. The standard InChI is InChI=1S/C25H25N3O4/c1-14-23(25(26)29)24-19(15-3-4-15)11-17(13-22(24)31-14)32-21-7-8-28-20-12-16(5-6-18(20)21)30-10-9-27-2/h5-8,11-13,15,27H,3-4,9-10H2,1-2H3,(H2,26,29). The van der Waals surface area contributed by atoms with E-state index in [0.29, 0.717) is 40.9 Å². The van der Waals surface area contributed by atoms with Gasteiger partial charge in [-0.3, -0.25) is 9.78 Å². The van der Waals surface area contributed by atoms with Gasteiger partial charge >= 0.3 is 0 Å². The lowest BCUT2D eigenvalue weighted by molar-refractivity contribution is 0.1000. The Morgan fingerprint density at radius 1 is 1.22 bits per heavy atom. The maximum absolute atomic E-state index is 12.0. The lowest BCUT2D eigenvalue weighted by Gasteiger charge is -2.12. The van der Waals surface area contributed by atoms with Gasteiger partial charge in [-0.1, -0.05) is 0 Å². The second kappa shape index (κ2) is 8.16. The summed E-state index contributed by atoms with van der Waals surface area (Å²) < 4.78 is 17.9. The Balaban J connectivity index is 1.52. The van der Waals surface area contributed by atoms with Crippen molar-refractivity contribution >= 4 is 27.8 Å².